The number of aromatic nitrogens is 1. The van der Waals surface area contributed by atoms with Crippen molar-refractivity contribution in [2.24, 2.45) is 0 Å². The summed E-state index contributed by atoms with van der Waals surface area (Å²) < 4.78 is 21.1. The van der Waals surface area contributed by atoms with E-state index in [1.165, 1.54) is 12.1 Å². The van der Waals surface area contributed by atoms with Crippen LogP contribution in [0.1, 0.15) is 48.0 Å². The van der Waals surface area contributed by atoms with Crippen molar-refractivity contribution in [1.82, 2.24) is 9.88 Å². The maximum absolute atomic E-state index is 13.5. The Morgan fingerprint density at radius 2 is 2.08 bits per heavy atom. The maximum Gasteiger partial charge on any atom is 0.268 e. The van der Waals surface area contributed by atoms with Gasteiger partial charge in [-0.15, -0.1) is 0 Å². The number of carbonyl (C=O) groups excluding carboxylic acids is 1. The van der Waals surface area contributed by atoms with Crippen LogP contribution in [0.5, 0.6) is 0 Å². The standard InChI is InChI=1S/C20H23FN2O2/c1-3-4-5-9-22-20(24)18-12-19-17(10-14(2)25-19)23(18)13-15-7-6-8-16(21)11-15/h6-8,10-12H,3-5,9,13H2,1-2H3,(H,22,24). The summed E-state index contributed by atoms with van der Waals surface area (Å²) in [5.74, 6) is 0.374. The number of benzene rings is 1. The SMILES string of the molecule is CCCCCNC(=O)c1cc2oc(C)cc2n1Cc1cccc(F)c1. The summed E-state index contributed by atoms with van der Waals surface area (Å²) in [4.78, 5) is 12.6. The van der Waals surface area contributed by atoms with Gasteiger partial charge >= 0.3 is 0 Å². The van der Waals surface area contributed by atoms with Crippen molar-refractivity contribution in [2.75, 3.05) is 6.54 Å². The van der Waals surface area contributed by atoms with E-state index in [0.29, 0.717) is 24.4 Å². The number of unbranched alkanes of at least 4 members (excludes halogenated alkanes) is 2. The molecule has 1 amide bonds. The Morgan fingerprint density at radius 3 is 2.84 bits per heavy atom. The van der Waals surface area contributed by atoms with Crippen LogP contribution in [-0.2, 0) is 6.54 Å². The molecule has 5 heteroatoms. The first-order valence-electron chi connectivity index (χ1n) is 8.71. The number of nitrogens with one attached hydrogen (secondary N) is 1. The molecule has 1 aromatic carbocycles. The Morgan fingerprint density at radius 1 is 1.24 bits per heavy atom. The number of hydrogen-bond donors (Lipinski definition) is 1. The van der Waals surface area contributed by atoms with E-state index in [4.69, 9.17) is 4.42 Å². The van der Waals surface area contributed by atoms with E-state index in [0.717, 1.165) is 36.1 Å². The average molecular weight is 342 g/mol. The monoisotopic (exact) mass is 342 g/mol. The van der Waals surface area contributed by atoms with Crippen molar-refractivity contribution in [3.8, 4) is 0 Å². The van der Waals surface area contributed by atoms with E-state index in [1.54, 1.807) is 12.1 Å². The number of nitrogens with zero attached hydrogens (tertiary/aromatic N) is 1. The van der Waals surface area contributed by atoms with Crippen LogP contribution in [0, 0.1) is 12.7 Å². The van der Waals surface area contributed by atoms with Crippen molar-refractivity contribution < 1.29 is 13.6 Å². The molecule has 1 N–H and O–H groups in total. The fourth-order valence-corrected chi connectivity index (χ4v) is 3.01. The van der Waals surface area contributed by atoms with Gasteiger partial charge in [-0.2, -0.15) is 0 Å². The molecule has 0 aliphatic rings. The summed E-state index contributed by atoms with van der Waals surface area (Å²) in [5.41, 5.74) is 2.86. The van der Waals surface area contributed by atoms with Crippen LogP contribution < -0.4 is 5.32 Å². The van der Waals surface area contributed by atoms with Crippen molar-refractivity contribution in [3.05, 3.63) is 59.2 Å². The summed E-state index contributed by atoms with van der Waals surface area (Å²) in [6.07, 6.45) is 3.16. The first-order valence-corrected chi connectivity index (χ1v) is 8.71. The predicted molar refractivity (Wildman–Crippen MR) is 96.3 cm³/mol. The zero-order chi connectivity index (χ0) is 17.8. The molecule has 0 saturated heterocycles. The molecule has 0 aliphatic heterocycles. The largest absolute Gasteiger partial charge is 0.460 e. The highest BCUT2D eigenvalue weighted by Gasteiger charge is 2.18. The van der Waals surface area contributed by atoms with Gasteiger partial charge in [0.25, 0.3) is 5.91 Å². The lowest BCUT2D eigenvalue weighted by atomic mass is 10.2. The minimum atomic E-state index is -0.283. The fourth-order valence-electron chi connectivity index (χ4n) is 3.01. The molecule has 0 spiro atoms. The van der Waals surface area contributed by atoms with Crippen LogP contribution in [0.4, 0.5) is 4.39 Å². The lowest BCUT2D eigenvalue weighted by Crippen LogP contribution is -2.27. The Hall–Kier alpha value is -2.56. The van der Waals surface area contributed by atoms with Gasteiger partial charge in [0.15, 0.2) is 5.58 Å². The zero-order valence-electron chi connectivity index (χ0n) is 14.6. The Labute approximate surface area is 146 Å². The third-order valence-corrected chi connectivity index (χ3v) is 4.24. The van der Waals surface area contributed by atoms with Crippen molar-refractivity contribution in [1.29, 1.82) is 0 Å². The number of aryl methyl sites for hydroxylation is 1. The molecule has 2 heterocycles. The molecular weight excluding hydrogens is 319 g/mol. The summed E-state index contributed by atoms with van der Waals surface area (Å²) in [7, 11) is 0. The molecule has 4 nitrogen and oxygen atoms in total. The molecule has 2 aromatic heterocycles. The van der Waals surface area contributed by atoms with E-state index in [-0.39, 0.29) is 11.7 Å². The first kappa shape index (κ1) is 17.3. The molecule has 25 heavy (non-hydrogen) atoms. The third-order valence-electron chi connectivity index (χ3n) is 4.24. The van der Waals surface area contributed by atoms with Gasteiger partial charge in [0, 0.05) is 25.2 Å². The highest BCUT2D eigenvalue weighted by Crippen LogP contribution is 2.25. The van der Waals surface area contributed by atoms with Crippen molar-refractivity contribution in [3.63, 3.8) is 0 Å². The van der Waals surface area contributed by atoms with Crippen LogP contribution in [-0.4, -0.2) is 17.0 Å². The third kappa shape index (κ3) is 3.92. The lowest BCUT2D eigenvalue weighted by Gasteiger charge is -2.11. The van der Waals surface area contributed by atoms with Gasteiger partial charge in [0.2, 0.25) is 0 Å². The average Bonchev–Trinajstić information content (AvgIpc) is 3.09. The highest BCUT2D eigenvalue weighted by atomic mass is 19.1. The van der Waals surface area contributed by atoms with Gasteiger partial charge in [-0.05, 0) is 31.0 Å². The Balaban J connectivity index is 1.89. The predicted octanol–water partition coefficient (Wildman–Crippen LogP) is 4.65. The molecule has 3 aromatic rings. The van der Waals surface area contributed by atoms with Gasteiger partial charge in [0.1, 0.15) is 17.3 Å². The summed E-state index contributed by atoms with van der Waals surface area (Å²) >= 11 is 0. The van der Waals surface area contributed by atoms with Gasteiger partial charge in [-0.3, -0.25) is 4.79 Å². The van der Waals surface area contributed by atoms with Crippen LogP contribution in [0.15, 0.2) is 40.8 Å². The topological polar surface area (TPSA) is 47.2 Å². The van der Waals surface area contributed by atoms with Crippen LogP contribution in [0.2, 0.25) is 0 Å². The summed E-state index contributed by atoms with van der Waals surface area (Å²) in [6, 6.07) is 10.1. The highest BCUT2D eigenvalue weighted by molar-refractivity contribution is 5.97. The second-order valence-corrected chi connectivity index (χ2v) is 6.32. The second-order valence-electron chi connectivity index (χ2n) is 6.32. The number of rotatable bonds is 7. The molecule has 0 bridgehead atoms. The van der Waals surface area contributed by atoms with Gasteiger partial charge in [0.05, 0.1) is 5.52 Å². The number of halogens is 1. The van der Waals surface area contributed by atoms with E-state index >= 15 is 0 Å². The quantitative estimate of drug-likeness (QED) is 0.635. The normalized spacial score (nSPS) is 11.2. The van der Waals surface area contributed by atoms with E-state index < -0.39 is 0 Å². The summed E-state index contributed by atoms with van der Waals surface area (Å²) in [5, 5.41) is 2.96. The molecule has 0 saturated carbocycles. The molecule has 0 atom stereocenters. The minimum Gasteiger partial charge on any atom is -0.460 e. The van der Waals surface area contributed by atoms with Crippen molar-refractivity contribution >= 4 is 17.0 Å². The minimum absolute atomic E-state index is 0.128. The van der Waals surface area contributed by atoms with Gasteiger partial charge in [-0.1, -0.05) is 31.9 Å². The zero-order valence-corrected chi connectivity index (χ0v) is 14.6. The first-order chi connectivity index (χ1) is 12.1. The summed E-state index contributed by atoms with van der Waals surface area (Å²) in [6.45, 7) is 5.07. The number of furan rings is 1. The molecule has 0 unspecified atom stereocenters. The van der Waals surface area contributed by atoms with Crippen LogP contribution in [0.25, 0.3) is 11.1 Å². The second kappa shape index (κ2) is 7.55. The van der Waals surface area contributed by atoms with Gasteiger partial charge < -0.3 is 14.3 Å². The fraction of sp³-hybridized carbons (Fsp3) is 0.350. The molecule has 0 radical (unpaired) electrons. The van der Waals surface area contributed by atoms with E-state index in [2.05, 4.69) is 12.2 Å². The number of carbonyl (C=O) groups is 1. The van der Waals surface area contributed by atoms with E-state index in [1.807, 2.05) is 23.6 Å². The number of fused-ring (bicyclic) bond motifs is 1. The number of hydrogen-bond acceptors (Lipinski definition) is 2. The molecular formula is C20H23FN2O2. The Bertz CT molecular complexity index is 879. The molecule has 132 valence electrons. The number of amides is 1. The molecule has 3 rings (SSSR count). The van der Waals surface area contributed by atoms with Gasteiger partial charge in [-0.25, -0.2) is 4.39 Å². The van der Waals surface area contributed by atoms with Crippen LogP contribution in [0.3, 0.4) is 0 Å². The lowest BCUT2D eigenvalue weighted by molar-refractivity contribution is 0.0944. The van der Waals surface area contributed by atoms with Crippen molar-refractivity contribution in [2.45, 2.75) is 39.7 Å². The molecule has 0 aliphatic carbocycles. The van der Waals surface area contributed by atoms with E-state index in [9.17, 15) is 9.18 Å². The smallest absolute Gasteiger partial charge is 0.268 e. The van der Waals surface area contributed by atoms with Crippen LogP contribution >= 0.6 is 0 Å². The molecule has 0 fully saturated rings. The Kier molecular flexibility index (Phi) is 5.22. The maximum atomic E-state index is 13.5.